The Balaban J connectivity index is 2.02. The number of alkyl halides is 3. The SMILES string of the molecule is CC1=C(Cc2ccc(C(F)(F)F)c(C#N)n2)C(=O)c2ccccc2C1=O. The van der Waals surface area contributed by atoms with E-state index in [9.17, 15) is 22.8 Å². The van der Waals surface area contributed by atoms with Crippen molar-refractivity contribution >= 4 is 11.6 Å². The van der Waals surface area contributed by atoms with E-state index in [1.807, 2.05) is 0 Å². The summed E-state index contributed by atoms with van der Waals surface area (Å²) in [6, 6.07) is 9.67. The molecule has 0 aliphatic heterocycles. The third-order valence-electron chi connectivity index (χ3n) is 4.21. The quantitative estimate of drug-likeness (QED) is 0.818. The van der Waals surface area contributed by atoms with Crippen molar-refractivity contribution in [1.29, 1.82) is 5.26 Å². The molecule has 0 bridgehead atoms. The number of carbonyl (C=O) groups excluding carboxylic acids is 2. The van der Waals surface area contributed by atoms with E-state index < -0.39 is 17.4 Å². The number of hydrogen-bond donors (Lipinski definition) is 0. The summed E-state index contributed by atoms with van der Waals surface area (Å²) < 4.78 is 38.6. The van der Waals surface area contributed by atoms with Gasteiger partial charge in [-0.25, -0.2) is 4.98 Å². The van der Waals surface area contributed by atoms with Gasteiger partial charge in [0.1, 0.15) is 6.07 Å². The van der Waals surface area contributed by atoms with Crippen molar-refractivity contribution in [3.05, 3.63) is 75.6 Å². The third kappa shape index (κ3) is 2.90. The number of nitriles is 1. The Bertz CT molecular complexity index is 1010. The van der Waals surface area contributed by atoms with Gasteiger partial charge in [0.05, 0.1) is 5.56 Å². The van der Waals surface area contributed by atoms with Gasteiger partial charge < -0.3 is 0 Å². The van der Waals surface area contributed by atoms with Crippen LogP contribution in [0.2, 0.25) is 0 Å². The molecule has 1 aliphatic rings. The Kier molecular flexibility index (Phi) is 4.20. The van der Waals surface area contributed by atoms with E-state index in [4.69, 9.17) is 5.26 Å². The van der Waals surface area contributed by atoms with Crippen LogP contribution in [0.25, 0.3) is 0 Å². The van der Waals surface area contributed by atoms with Crippen LogP contribution in [-0.4, -0.2) is 16.6 Å². The molecule has 0 unspecified atom stereocenters. The standard InChI is InChI=1S/C19H11F3N2O2/c1-10-14(18(26)13-5-3-2-4-12(13)17(10)25)8-11-6-7-15(19(20,21)22)16(9-23)24-11/h2-7H,8H2,1H3. The van der Waals surface area contributed by atoms with Gasteiger partial charge in [-0.15, -0.1) is 0 Å². The van der Waals surface area contributed by atoms with Crippen molar-refractivity contribution < 1.29 is 22.8 Å². The van der Waals surface area contributed by atoms with Gasteiger partial charge in [0, 0.05) is 34.4 Å². The van der Waals surface area contributed by atoms with Crippen LogP contribution in [0.4, 0.5) is 13.2 Å². The molecule has 1 aromatic heterocycles. The number of aromatic nitrogens is 1. The molecule has 1 heterocycles. The van der Waals surface area contributed by atoms with Crippen LogP contribution in [0.15, 0.2) is 47.5 Å². The lowest BCUT2D eigenvalue weighted by molar-refractivity contribution is -0.138. The third-order valence-corrected chi connectivity index (χ3v) is 4.21. The Morgan fingerprint density at radius 1 is 1.04 bits per heavy atom. The number of ketones is 2. The van der Waals surface area contributed by atoms with Crippen molar-refractivity contribution in [2.24, 2.45) is 0 Å². The molecule has 130 valence electrons. The minimum Gasteiger partial charge on any atom is -0.289 e. The van der Waals surface area contributed by atoms with Crippen molar-refractivity contribution in [3.8, 4) is 6.07 Å². The summed E-state index contributed by atoms with van der Waals surface area (Å²) in [5, 5.41) is 8.94. The molecule has 0 atom stereocenters. The lowest BCUT2D eigenvalue weighted by atomic mass is 9.83. The summed E-state index contributed by atoms with van der Waals surface area (Å²) in [6.45, 7) is 1.50. The van der Waals surface area contributed by atoms with Gasteiger partial charge in [-0.3, -0.25) is 9.59 Å². The first kappa shape index (κ1) is 17.5. The van der Waals surface area contributed by atoms with E-state index >= 15 is 0 Å². The van der Waals surface area contributed by atoms with E-state index in [-0.39, 0.29) is 40.4 Å². The normalized spacial score (nSPS) is 14.3. The van der Waals surface area contributed by atoms with Crippen LogP contribution in [0.5, 0.6) is 0 Å². The van der Waals surface area contributed by atoms with Crippen LogP contribution in [0.3, 0.4) is 0 Å². The van der Waals surface area contributed by atoms with Crippen molar-refractivity contribution in [3.63, 3.8) is 0 Å². The summed E-state index contributed by atoms with van der Waals surface area (Å²) in [6.07, 6.45) is -4.82. The number of hydrogen-bond acceptors (Lipinski definition) is 4. The molecule has 0 amide bonds. The molecule has 2 aromatic rings. The molecule has 4 nitrogen and oxygen atoms in total. The molecule has 3 rings (SSSR count). The molecule has 7 heteroatoms. The zero-order chi connectivity index (χ0) is 19.1. The second-order valence-corrected chi connectivity index (χ2v) is 5.79. The van der Waals surface area contributed by atoms with Gasteiger partial charge in [0.15, 0.2) is 17.3 Å². The number of halogens is 3. The number of carbonyl (C=O) groups is 2. The fourth-order valence-corrected chi connectivity index (χ4v) is 2.86. The number of allylic oxidation sites excluding steroid dienone is 2. The molecule has 1 aromatic carbocycles. The molecule has 0 spiro atoms. The van der Waals surface area contributed by atoms with E-state index in [1.54, 1.807) is 18.2 Å². The lowest BCUT2D eigenvalue weighted by Gasteiger charge is -2.19. The summed E-state index contributed by atoms with van der Waals surface area (Å²) in [5.74, 6) is -0.666. The fourth-order valence-electron chi connectivity index (χ4n) is 2.86. The molecular weight excluding hydrogens is 345 g/mol. The van der Waals surface area contributed by atoms with Crippen molar-refractivity contribution in [2.45, 2.75) is 19.5 Å². The van der Waals surface area contributed by atoms with E-state index in [2.05, 4.69) is 4.98 Å². The Morgan fingerprint density at radius 2 is 1.65 bits per heavy atom. The zero-order valence-corrected chi connectivity index (χ0v) is 13.5. The average molecular weight is 356 g/mol. The molecule has 1 aliphatic carbocycles. The van der Waals surface area contributed by atoms with Gasteiger partial charge in [-0.1, -0.05) is 24.3 Å². The summed E-state index contributed by atoms with van der Waals surface area (Å²) in [5.41, 5.74) is -0.820. The van der Waals surface area contributed by atoms with E-state index in [1.165, 1.54) is 19.1 Å². The van der Waals surface area contributed by atoms with Crippen LogP contribution >= 0.6 is 0 Å². The smallest absolute Gasteiger partial charge is 0.289 e. The molecule has 26 heavy (non-hydrogen) atoms. The fraction of sp³-hybridized carbons (Fsp3) is 0.158. The molecule has 0 saturated carbocycles. The predicted octanol–water partition coefficient (Wildman–Crippen LogP) is 3.91. The minimum absolute atomic E-state index is 0.115. The topological polar surface area (TPSA) is 70.8 Å². The molecular formula is C19H11F3N2O2. The summed E-state index contributed by atoms with van der Waals surface area (Å²) >= 11 is 0. The van der Waals surface area contributed by atoms with Gasteiger partial charge in [0.2, 0.25) is 0 Å². The number of nitrogens with zero attached hydrogens (tertiary/aromatic N) is 2. The highest BCUT2D eigenvalue weighted by Gasteiger charge is 2.35. The van der Waals surface area contributed by atoms with E-state index in [0.29, 0.717) is 5.56 Å². The Labute approximate surface area is 146 Å². The Hall–Kier alpha value is -3.27. The van der Waals surface area contributed by atoms with Crippen molar-refractivity contribution in [2.75, 3.05) is 0 Å². The first-order valence-corrected chi connectivity index (χ1v) is 7.59. The number of fused-ring (bicyclic) bond motifs is 1. The minimum atomic E-state index is -4.69. The first-order chi connectivity index (χ1) is 12.2. The number of rotatable bonds is 2. The zero-order valence-electron chi connectivity index (χ0n) is 13.5. The van der Waals surface area contributed by atoms with Crippen LogP contribution in [0, 0.1) is 11.3 Å². The molecule has 0 radical (unpaired) electrons. The van der Waals surface area contributed by atoms with Gasteiger partial charge in [-0.2, -0.15) is 18.4 Å². The second kappa shape index (κ2) is 6.23. The van der Waals surface area contributed by atoms with Crippen LogP contribution < -0.4 is 0 Å². The maximum atomic E-state index is 12.9. The number of pyridine rings is 1. The largest absolute Gasteiger partial charge is 0.419 e. The predicted molar refractivity (Wildman–Crippen MR) is 85.5 cm³/mol. The maximum absolute atomic E-state index is 12.9. The van der Waals surface area contributed by atoms with Gasteiger partial charge in [-0.05, 0) is 19.1 Å². The number of Topliss-reactive ketones (excluding diaryl/α,β-unsaturated/α-hetero) is 2. The average Bonchev–Trinajstić information content (AvgIpc) is 2.62. The number of benzene rings is 1. The highest BCUT2D eigenvalue weighted by molar-refractivity contribution is 6.26. The first-order valence-electron chi connectivity index (χ1n) is 7.59. The van der Waals surface area contributed by atoms with E-state index in [0.717, 1.165) is 12.1 Å². The summed E-state index contributed by atoms with van der Waals surface area (Å²) in [4.78, 5) is 28.8. The van der Waals surface area contributed by atoms with Crippen LogP contribution in [-0.2, 0) is 12.6 Å². The summed E-state index contributed by atoms with van der Waals surface area (Å²) in [7, 11) is 0. The molecule has 0 fully saturated rings. The monoisotopic (exact) mass is 356 g/mol. The molecule has 0 saturated heterocycles. The Morgan fingerprint density at radius 3 is 2.23 bits per heavy atom. The maximum Gasteiger partial charge on any atom is 0.419 e. The van der Waals surface area contributed by atoms with Gasteiger partial charge >= 0.3 is 6.18 Å². The van der Waals surface area contributed by atoms with Gasteiger partial charge in [0.25, 0.3) is 0 Å². The highest BCUT2D eigenvalue weighted by Crippen LogP contribution is 2.32. The second-order valence-electron chi connectivity index (χ2n) is 5.79. The van der Waals surface area contributed by atoms with Crippen molar-refractivity contribution in [1.82, 2.24) is 4.98 Å². The highest BCUT2D eigenvalue weighted by atomic mass is 19.4. The molecule has 0 N–H and O–H groups in total. The lowest BCUT2D eigenvalue weighted by Crippen LogP contribution is -2.22. The van der Waals surface area contributed by atoms with Crippen LogP contribution in [0.1, 0.15) is 44.6 Å².